The Morgan fingerprint density at radius 3 is 2.43 bits per heavy atom. The van der Waals surface area contributed by atoms with Crippen LogP contribution in [0.15, 0.2) is 71.7 Å². The van der Waals surface area contributed by atoms with E-state index in [-0.39, 0.29) is 31.0 Å². The molecule has 0 aliphatic heterocycles. The fourth-order valence-corrected chi connectivity index (χ4v) is 3.12. The fourth-order valence-electron chi connectivity index (χ4n) is 3.12. The number of aryl methyl sites for hydroxylation is 1. The Labute approximate surface area is 172 Å². The second-order valence-corrected chi connectivity index (χ2v) is 6.81. The van der Waals surface area contributed by atoms with Crippen LogP contribution < -0.4 is 10.2 Å². The Bertz CT molecular complexity index is 1050. The molecular formula is C23H22FNO5. The average Bonchev–Trinajstić information content (AvgIpc) is 2.74. The van der Waals surface area contributed by atoms with E-state index in [0.29, 0.717) is 12.0 Å². The third-order valence-electron chi connectivity index (χ3n) is 4.63. The number of carboxylic acids is 1. The van der Waals surface area contributed by atoms with Crippen LogP contribution in [0.25, 0.3) is 0 Å². The summed E-state index contributed by atoms with van der Waals surface area (Å²) in [4.78, 5) is 23.5. The monoisotopic (exact) mass is 411 g/mol. The van der Waals surface area contributed by atoms with E-state index in [9.17, 15) is 19.1 Å². The number of hydrogen-bond donors (Lipinski definition) is 2. The third-order valence-corrected chi connectivity index (χ3v) is 4.63. The predicted octanol–water partition coefficient (Wildman–Crippen LogP) is 3.51. The van der Waals surface area contributed by atoms with E-state index in [2.05, 4.69) is 0 Å². The van der Waals surface area contributed by atoms with E-state index in [4.69, 9.17) is 9.84 Å². The highest BCUT2D eigenvalue weighted by molar-refractivity contribution is 5.66. The van der Waals surface area contributed by atoms with Gasteiger partial charge in [0.2, 0.25) is 5.43 Å². The van der Waals surface area contributed by atoms with Gasteiger partial charge in [-0.15, -0.1) is 0 Å². The Morgan fingerprint density at radius 2 is 1.77 bits per heavy atom. The molecule has 1 unspecified atom stereocenters. The van der Waals surface area contributed by atoms with Gasteiger partial charge in [0, 0.05) is 25.2 Å². The second-order valence-electron chi connectivity index (χ2n) is 6.81. The van der Waals surface area contributed by atoms with Gasteiger partial charge in [0.25, 0.3) is 0 Å². The lowest BCUT2D eigenvalue weighted by Crippen LogP contribution is -2.20. The Hall–Kier alpha value is -3.45. The molecule has 2 aromatic carbocycles. The van der Waals surface area contributed by atoms with Crippen LogP contribution in [0.3, 0.4) is 0 Å². The molecule has 6 nitrogen and oxygen atoms in total. The van der Waals surface area contributed by atoms with Crippen LogP contribution in [0.4, 0.5) is 4.39 Å². The molecule has 0 radical (unpaired) electrons. The number of aliphatic carboxylic acids is 1. The lowest BCUT2D eigenvalue weighted by Gasteiger charge is -2.22. The Kier molecular flexibility index (Phi) is 6.98. The van der Waals surface area contributed by atoms with Crippen molar-refractivity contribution < 1.29 is 24.1 Å². The maximum atomic E-state index is 13.3. The number of ether oxygens (including phenoxy) is 1. The lowest BCUT2D eigenvalue weighted by atomic mass is 10.0. The van der Waals surface area contributed by atoms with Gasteiger partial charge in [-0.3, -0.25) is 9.59 Å². The van der Waals surface area contributed by atoms with Gasteiger partial charge in [0.05, 0.1) is 5.69 Å². The molecule has 0 bridgehead atoms. The van der Waals surface area contributed by atoms with Crippen molar-refractivity contribution >= 4 is 5.97 Å². The van der Waals surface area contributed by atoms with Crippen LogP contribution in [0, 0.1) is 5.82 Å². The van der Waals surface area contributed by atoms with Crippen molar-refractivity contribution in [3.63, 3.8) is 0 Å². The summed E-state index contributed by atoms with van der Waals surface area (Å²) in [5.74, 6) is -1.40. The molecule has 0 saturated heterocycles. The minimum atomic E-state index is -1.25. The van der Waals surface area contributed by atoms with Crippen molar-refractivity contribution in [3.8, 4) is 5.75 Å². The molecule has 156 valence electrons. The summed E-state index contributed by atoms with van der Waals surface area (Å²) in [5.41, 5.74) is 1.03. The number of benzene rings is 2. The third kappa shape index (κ3) is 5.33. The first-order valence-electron chi connectivity index (χ1n) is 9.51. The lowest BCUT2D eigenvalue weighted by molar-refractivity contribution is -0.137. The molecule has 0 amide bonds. The standard InChI is InChI=1S/C23H22FNO5/c24-18-10-8-17(9-11-18)22(29)21-23(30-15-16-5-2-1-3-6-16)19(26)12-14-25(21)13-4-7-20(27)28/h1-3,5-6,8-12,14,22,29H,4,7,13,15H2,(H,27,28). The summed E-state index contributed by atoms with van der Waals surface area (Å²) in [6, 6.07) is 15.9. The van der Waals surface area contributed by atoms with Gasteiger partial charge in [-0.1, -0.05) is 42.5 Å². The number of aliphatic hydroxyl groups is 1. The van der Waals surface area contributed by atoms with Crippen molar-refractivity contribution in [1.29, 1.82) is 0 Å². The van der Waals surface area contributed by atoms with Gasteiger partial charge >= 0.3 is 5.97 Å². The molecule has 2 N–H and O–H groups in total. The summed E-state index contributed by atoms with van der Waals surface area (Å²) < 4.78 is 20.7. The number of aliphatic hydroxyl groups excluding tert-OH is 1. The minimum Gasteiger partial charge on any atom is -0.483 e. The van der Waals surface area contributed by atoms with Gasteiger partial charge in [-0.25, -0.2) is 4.39 Å². The van der Waals surface area contributed by atoms with E-state index < -0.39 is 23.3 Å². The molecule has 7 heteroatoms. The average molecular weight is 411 g/mol. The summed E-state index contributed by atoms with van der Waals surface area (Å²) in [7, 11) is 0. The number of rotatable bonds is 9. The van der Waals surface area contributed by atoms with E-state index in [0.717, 1.165) is 5.56 Å². The zero-order chi connectivity index (χ0) is 21.5. The molecule has 0 aliphatic carbocycles. The summed E-state index contributed by atoms with van der Waals surface area (Å²) >= 11 is 0. The molecule has 1 atom stereocenters. The molecule has 0 fully saturated rings. The molecule has 30 heavy (non-hydrogen) atoms. The maximum absolute atomic E-state index is 13.3. The van der Waals surface area contributed by atoms with Crippen LogP contribution in [-0.4, -0.2) is 20.7 Å². The highest BCUT2D eigenvalue weighted by Gasteiger charge is 2.22. The summed E-state index contributed by atoms with van der Waals surface area (Å²) in [6.45, 7) is 0.389. The van der Waals surface area contributed by atoms with Crippen LogP contribution in [0.5, 0.6) is 5.75 Å². The molecule has 3 rings (SSSR count). The molecule has 0 saturated carbocycles. The number of carboxylic acid groups (broad SMARTS) is 1. The van der Waals surface area contributed by atoms with E-state index in [1.54, 1.807) is 4.57 Å². The maximum Gasteiger partial charge on any atom is 0.303 e. The van der Waals surface area contributed by atoms with Crippen molar-refractivity contribution in [2.24, 2.45) is 0 Å². The SMILES string of the molecule is O=C(O)CCCn1ccc(=O)c(OCc2ccccc2)c1C(O)c1ccc(F)cc1. The zero-order valence-electron chi connectivity index (χ0n) is 16.2. The molecule has 3 aromatic rings. The molecular weight excluding hydrogens is 389 g/mol. The normalized spacial score (nSPS) is 11.8. The molecule has 1 heterocycles. The first-order chi connectivity index (χ1) is 14.5. The minimum absolute atomic E-state index is 0.0199. The molecule has 0 spiro atoms. The Morgan fingerprint density at radius 1 is 1.07 bits per heavy atom. The first kappa shape index (κ1) is 21.3. The van der Waals surface area contributed by atoms with Crippen molar-refractivity contribution in [3.05, 3.63) is 99.7 Å². The van der Waals surface area contributed by atoms with Gasteiger partial charge < -0.3 is 19.5 Å². The number of nitrogens with zero attached hydrogens (tertiary/aromatic N) is 1. The van der Waals surface area contributed by atoms with E-state index >= 15 is 0 Å². The highest BCUT2D eigenvalue weighted by Crippen LogP contribution is 2.29. The molecule has 0 aliphatic rings. The van der Waals surface area contributed by atoms with Gasteiger partial charge in [0.15, 0.2) is 5.75 Å². The first-order valence-corrected chi connectivity index (χ1v) is 9.51. The van der Waals surface area contributed by atoms with Crippen molar-refractivity contribution in [2.45, 2.75) is 32.1 Å². The number of carbonyl (C=O) groups is 1. The van der Waals surface area contributed by atoms with Crippen LogP contribution in [-0.2, 0) is 17.9 Å². The van der Waals surface area contributed by atoms with E-state index in [1.165, 1.54) is 36.5 Å². The molecule has 1 aromatic heterocycles. The predicted molar refractivity (Wildman–Crippen MR) is 109 cm³/mol. The van der Waals surface area contributed by atoms with Gasteiger partial charge in [0.1, 0.15) is 18.5 Å². The number of pyridine rings is 1. The smallest absolute Gasteiger partial charge is 0.303 e. The fraction of sp³-hybridized carbons (Fsp3) is 0.217. The van der Waals surface area contributed by atoms with Crippen LogP contribution >= 0.6 is 0 Å². The van der Waals surface area contributed by atoms with Crippen LogP contribution in [0.1, 0.15) is 35.8 Å². The van der Waals surface area contributed by atoms with Crippen molar-refractivity contribution in [2.75, 3.05) is 0 Å². The zero-order valence-corrected chi connectivity index (χ0v) is 16.2. The number of aromatic nitrogens is 1. The second kappa shape index (κ2) is 9.84. The quantitative estimate of drug-likeness (QED) is 0.563. The summed E-state index contributed by atoms with van der Waals surface area (Å²) in [6.07, 6.45) is 0.495. The van der Waals surface area contributed by atoms with Gasteiger partial charge in [-0.2, -0.15) is 0 Å². The number of halogens is 1. The topological polar surface area (TPSA) is 88.8 Å². The highest BCUT2D eigenvalue weighted by atomic mass is 19.1. The summed E-state index contributed by atoms with van der Waals surface area (Å²) in [5, 5.41) is 19.9. The van der Waals surface area contributed by atoms with Crippen molar-refractivity contribution in [1.82, 2.24) is 4.57 Å². The Balaban J connectivity index is 1.98. The van der Waals surface area contributed by atoms with E-state index in [1.807, 2.05) is 30.3 Å². The number of hydrogen-bond acceptors (Lipinski definition) is 4. The van der Waals surface area contributed by atoms with Crippen LogP contribution in [0.2, 0.25) is 0 Å². The van der Waals surface area contributed by atoms with Gasteiger partial charge in [-0.05, 0) is 29.7 Å². The largest absolute Gasteiger partial charge is 0.483 e.